The van der Waals surface area contributed by atoms with Gasteiger partial charge in [-0.15, -0.1) is 0 Å². The van der Waals surface area contributed by atoms with Crippen LogP contribution in [0.1, 0.15) is 100 Å². The van der Waals surface area contributed by atoms with Crippen molar-refractivity contribution in [1.82, 2.24) is 0 Å². The molecule has 1 nitrogen and oxygen atoms in total. The molecule has 4 heteroatoms. The Labute approximate surface area is 208 Å². The zero-order valence-electron chi connectivity index (χ0n) is 21.2. The van der Waals surface area contributed by atoms with Gasteiger partial charge in [0.15, 0.2) is 11.6 Å². The maximum Gasteiger partial charge on any atom is 0.162 e. The molecule has 2 saturated carbocycles. The van der Waals surface area contributed by atoms with E-state index < -0.39 is 11.6 Å². The topological polar surface area (TPSA) is 9.23 Å². The molecule has 0 aromatic heterocycles. The predicted molar refractivity (Wildman–Crippen MR) is 136 cm³/mol. The molecule has 0 N–H and O–H groups in total. The minimum Gasteiger partial charge on any atom is -0.494 e. The molecule has 0 unspecified atom stereocenters. The number of benzene rings is 2. The molecule has 0 aliphatic heterocycles. The number of ether oxygens (including phenoxy) is 1. The molecular weight excluding hydrogens is 445 g/mol. The highest BCUT2D eigenvalue weighted by Gasteiger charge is 2.29. The van der Waals surface area contributed by atoms with Crippen LogP contribution in [0.3, 0.4) is 0 Å². The van der Waals surface area contributed by atoms with Crippen molar-refractivity contribution >= 4 is 0 Å². The van der Waals surface area contributed by atoms with Crippen LogP contribution in [0.4, 0.5) is 13.2 Å². The number of halogens is 3. The van der Waals surface area contributed by atoms with Gasteiger partial charge in [0.2, 0.25) is 0 Å². The molecule has 190 valence electrons. The number of hydrogen-bond donors (Lipinski definition) is 0. The van der Waals surface area contributed by atoms with E-state index in [9.17, 15) is 4.39 Å². The van der Waals surface area contributed by atoms with E-state index in [-0.39, 0.29) is 17.7 Å². The third-order valence-corrected chi connectivity index (χ3v) is 8.26. The standard InChI is InChI=1S/C31H39F3O/c1-3-5-21-6-11-23(12-7-21)27-18-19-28(31(34)30(27)33)24-13-8-22(9-14-24)10-15-25-16-17-26(35-4-2)20-29(25)32/h3,5,16-24H,4,6-15H2,1-2H3/b5-3+. The normalized spacial score (nSPS) is 25.2. The van der Waals surface area contributed by atoms with Crippen molar-refractivity contribution in [2.75, 3.05) is 6.61 Å². The van der Waals surface area contributed by atoms with E-state index in [0.717, 1.165) is 63.4 Å². The van der Waals surface area contributed by atoms with Gasteiger partial charge in [0.1, 0.15) is 11.6 Å². The summed E-state index contributed by atoms with van der Waals surface area (Å²) in [5.74, 6) is 0.374. The Morgan fingerprint density at radius 3 is 1.97 bits per heavy atom. The van der Waals surface area contributed by atoms with Gasteiger partial charge in [0.25, 0.3) is 0 Å². The van der Waals surface area contributed by atoms with Crippen molar-refractivity contribution in [2.45, 2.75) is 89.9 Å². The Morgan fingerprint density at radius 2 is 1.43 bits per heavy atom. The third kappa shape index (κ3) is 6.32. The fourth-order valence-electron chi connectivity index (χ4n) is 6.21. The maximum atomic E-state index is 15.2. The molecular formula is C31H39F3O. The van der Waals surface area contributed by atoms with Crippen molar-refractivity contribution in [3.8, 4) is 5.75 Å². The summed E-state index contributed by atoms with van der Waals surface area (Å²) in [5.41, 5.74) is 1.83. The first kappa shape index (κ1) is 25.9. The van der Waals surface area contributed by atoms with Gasteiger partial charge in [-0.2, -0.15) is 0 Å². The van der Waals surface area contributed by atoms with Gasteiger partial charge in [-0.25, -0.2) is 13.2 Å². The molecule has 2 aliphatic rings. The highest BCUT2D eigenvalue weighted by Crippen LogP contribution is 2.42. The summed E-state index contributed by atoms with van der Waals surface area (Å²) < 4.78 is 50.0. The molecule has 2 aromatic rings. The molecule has 0 bridgehead atoms. The van der Waals surface area contributed by atoms with Crippen LogP contribution in [-0.2, 0) is 6.42 Å². The Hall–Kier alpha value is -2.23. The molecule has 0 saturated heterocycles. The van der Waals surface area contributed by atoms with Crippen molar-refractivity contribution in [3.63, 3.8) is 0 Å². The second-order valence-electron chi connectivity index (χ2n) is 10.5. The summed E-state index contributed by atoms with van der Waals surface area (Å²) in [5, 5.41) is 0. The second kappa shape index (κ2) is 12.1. The molecule has 2 aliphatic carbocycles. The minimum absolute atomic E-state index is 0.0717. The van der Waals surface area contributed by atoms with Crippen molar-refractivity contribution < 1.29 is 17.9 Å². The summed E-state index contributed by atoms with van der Waals surface area (Å²) in [6, 6.07) is 8.82. The molecule has 0 heterocycles. The average molecular weight is 485 g/mol. The molecule has 0 spiro atoms. The summed E-state index contributed by atoms with van der Waals surface area (Å²) in [7, 11) is 0. The van der Waals surface area contributed by atoms with Crippen LogP contribution in [0.5, 0.6) is 5.75 Å². The van der Waals surface area contributed by atoms with E-state index in [1.54, 1.807) is 0 Å². The lowest BCUT2D eigenvalue weighted by molar-refractivity contribution is 0.303. The highest BCUT2D eigenvalue weighted by molar-refractivity contribution is 5.32. The smallest absolute Gasteiger partial charge is 0.162 e. The number of aryl methyl sites for hydroxylation is 1. The van der Waals surface area contributed by atoms with E-state index in [4.69, 9.17) is 4.74 Å². The van der Waals surface area contributed by atoms with Crippen LogP contribution < -0.4 is 4.74 Å². The Bertz CT molecular complexity index is 999. The first-order chi connectivity index (χ1) is 17.0. The monoisotopic (exact) mass is 484 g/mol. The van der Waals surface area contributed by atoms with Crippen LogP contribution in [0.2, 0.25) is 0 Å². The molecule has 0 amide bonds. The van der Waals surface area contributed by atoms with Crippen molar-refractivity contribution in [3.05, 3.63) is 76.6 Å². The maximum absolute atomic E-state index is 15.2. The highest BCUT2D eigenvalue weighted by atomic mass is 19.2. The molecule has 0 atom stereocenters. The Balaban J connectivity index is 1.31. The first-order valence-corrected chi connectivity index (χ1v) is 13.5. The largest absolute Gasteiger partial charge is 0.494 e. The molecule has 2 aromatic carbocycles. The quantitative estimate of drug-likeness (QED) is 0.339. The number of allylic oxidation sites excluding steroid dienone is 2. The summed E-state index contributed by atoms with van der Waals surface area (Å²) in [6.45, 7) is 4.44. The summed E-state index contributed by atoms with van der Waals surface area (Å²) >= 11 is 0. The first-order valence-electron chi connectivity index (χ1n) is 13.5. The molecule has 35 heavy (non-hydrogen) atoms. The van der Waals surface area contributed by atoms with Gasteiger partial charge in [-0.05, 0) is 124 Å². The molecule has 0 radical (unpaired) electrons. The van der Waals surface area contributed by atoms with Gasteiger partial charge in [0.05, 0.1) is 6.61 Å². The van der Waals surface area contributed by atoms with Crippen LogP contribution >= 0.6 is 0 Å². The van der Waals surface area contributed by atoms with Crippen LogP contribution in [-0.4, -0.2) is 6.61 Å². The SMILES string of the molecule is C/C=C/C1CCC(c2ccc(C3CCC(CCc4ccc(OCC)cc4F)CC3)c(F)c2F)CC1. The summed E-state index contributed by atoms with van der Waals surface area (Å²) in [4.78, 5) is 0. The molecule has 2 fully saturated rings. The lowest BCUT2D eigenvalue weighted by Crippen LogP contribution is -2.17. The van der Waals surface area contributed by atoms with E-state index in [0.29, 0.717) is 41.7 Å². The fraction of sp³-hybridized carbons (Fsp3) is 0.548. The van der Waals surface area contributed by atoms with Crippen LogP contribution in [0.15, 0.2) is 42.5 Å². The average Bonchev–Trinajstić information content (AvgIpc) is 2.87. The lowest BCUT2D eigenvalue weighted by Gasteiger charge is -2.30. The van der Waals surface area contributed by atoms with E-state index >= 15 is 8.78 Å². The zero-order chi connectivity index (χ0) is 24.8. The Kier molecular flexibility index (Phi) is 8.97. The zero-order valence-corrected chi connectivity index (χ0v) is 21.2. The lowest BCUT2D eigenvalue weighted by atomic mass is 9.75. The van der Waals surface area contributed by atoms with Gasteiger partial charge in [0, 0.05) is 6.07 Å². The number of rotatable bonds is 8. The Morgan fingerprint density at radius 1 is 0.829 bits per heavy atom. The van der Waals surface area contributed by atoms with Gasteiger partial charge >= 0.3 is 0 Å². The third-order valence-electron chi connectivity index (χ3n) is 8.26. The fourth-order valence-corrected chi connectivity index (χ4v) is 6.21. The molecule has 4 rings (SSSR count). The van der Waals surface area contributed by atoms with Gasteiger partial charge in [-0.3, -0.25) is 0 Å². The second-order valence-corrected chi connectivity index (χ2v) is 10.5. The van der Waals surface area contributed by atoms with Crippen LogP contribution in [0.25, 0.3) is 0 Å². The van der Waals surface area contributed by atoms with E-state index in [2.05, 4.69) is 12.2 Å². The van der Waals surface area contributed by atoms with Gasteiger partial charge < -0.3 is 4.74 Å². The van der Waals surface area contributed by atoms with Crippen molar-refractivity contribution in [2.24, 2.45) is 11.8 Å². The van der Waals surface area contributed by atoms with E-state index in [1.807, 2.05) is 38.1 Å². The van der Waals surface area contributed by atoms with Crippen LogP contribution in [0, 0.1) is 29.3 Å². The van der Waals surface area contributed by atoms with Gasteiger partial charge in [-0.1, -0.05) is 30.4 Å². The summed E-state index contributed by atoms with van der Waals surface area (Å²) in [6.07, 6.45) is 13.5. The van der Waals surface area contributed by atoms with Crippen molar-refractivity contribution in [1.29, 1.82) is 0 Å². The van der Waals surface area contributed by atoms with E-state index in [1.165, 1.54) is 6.07 Å². The number of hydrogen-bond acceptors (Lipinski definition) is 1. The predicted octanol–water partition coefficient (Wildman–Crippen LogP) is 9.26. The minimum atomic E-state index is -0.627.